The Morgan fingerprint density at radius 2 is 1.00 bits per heavy atom. The van der Waals surface area contributed by atoms with E-state index in [1.165, 1.54) is 25.9 Å². The highest BCUT2D eigenvalue weighted by Gasteiger charge is 2.24. The molecule has 0 saturated carbocycles. The van der Waals surface area contributed by atoms with Crippen LogP contribution in [-0.4, -0.2) is 0 Å². The molecule has 0 fully saturated rings. The number of hydrogen-bond donors (Lipinski definition) is 0. The molecule has 0 amide bonds. The van der Waals surface area contributed by atoms with Crippen LogP contribution in [-0.2, 0) is 0 Å². The Kier molecular flexibility index (Phi) is 6.92. The van der Waals surface area contributed by atoms with E-state index in [0.29, 0.717) is 0 Å². The fourth-order valence-electron chi connectivity index (χ4n) is 6.38. The number of rotatable bonds is 6. The van der Waals surface area contributed by atoms with Gasteiger partial charge in [-0.2, -0.15) is 0 Å². The lowest BCUT2D eigenvalue weighted by Crippen LogP contribution is -2.11. The van der Waals surface area contributed by atoms with Crippen LogP contribution in [0.3, 0.4) is 0 Å². The minimum Gasteiger partial charge on any atom is -0.455 e. The first-order valence-electron chi connectivity index (χ1n) is 15.6. The second-order valence-electron chi connectivity index (χ2n) is 11.4. The number of ether oxygens (including phenoxy) is 1. The Hall–Kier alpha value is -5.49. The van der Waals surface area contributed by atoms with Gasteiger partial charge in [0.2, 0.25) is 0 Å². The molecule has 3 nitrogen and oxygen atoms in total. The molecule has 0 unspecified atom stereocenters. The van der Waals surface area contributed by atoms with Crippen molar-refractivity contribution in [2.75, 3.05) is 9.80 Å². The standard InChI is InChI=1S/C42H28N2OS2/c1-4-13-29(14-5-1)43(30-15-6-2-7-16-30)32-24-26-39-37(27-32)45-36-25-23-33(28-41(36)47-39)44(31-17-8-3-9-18-31)35-20-12-22-40-42(35)34-19-10-11-21-38(34)46-40/h1-28H. The summed E-state index contributed by atoms with van der Waals surface area (Å²) in [6, 6.07) is 60.0. The van der Waals surface area contributed by atoms with Gasteiger partial charge >= 0.3 is 0 Å². The first-order valence-corrected chi connectivity index (χ1v) is 17.2. The molecule has 1 aromatic heterocycles. The summed E-state index contributed by atoms with van der Waals surface area (Å²) >= 11 is 3.60. The van der Waals surface area contributed by atoms with Crippen molar-refractivity contribution in [3.8, 4) is 11.5 Å². The van der Waals surface area contributed by atoms with Crippen LogP contribution in [0.15, 0.2) is 180 Å². The van der Waals surface area contributed by atoms with Crippen molar-refractivity contribution in [3.05, 3.63) is 170 Å². The van der Waals surface area contributed by atoms with Crippen LogP contribution in [0, 0.1) is 0 Å². The van der Waals surface area contributed by atoms with Crippen molar-refractivity contribution in [1.82, 2.24) is 0 Å². The monoisotopic (exact) mass is 640 g/mol. The summed E-state index contributed by atoms with van der Waals surface area (Å²) in [7, 11) is 0. The van der Waals surface area contributed by atoms with Gasteiger partial charge < -0.3 is 14.5 Å². The summed E-state index contributed by atoms with van der Waals surface area (Å²) in [5, 5.41) is 2.56. The fourth-order valence-corrected chi connectivity index (χ4v) is 8.48. The van der Waals surface area contributed by atoms with Crippen LogP contribution in [0.1, 0.15) is 0 Å². The van der Waals surface area contributed by atoms with Gasteiger partial charge in [0.05, 0.1) is 15.5 Å². The number of anilines is 6. The van der Waals surface area contributed by atoms with E-state index < -0.39 is 0 Å². The first kappa shape index (κ1) is 27.8. The molecule has 47 heavy (non-hydrogen) atoms. The van der Waals surface area contributed by atoms with Crippen molar-refractivity contribution >= 4 is 77.4 Å². The van der Waals surface area contributed by atoms with Gasteiger partial charge in [0.15, 0.2) is 0 Å². The highest BCUT2D eigenvalue weighted by molar-refractivity contribution is 7.99. The maximum atomic E-state index is 6.64. The minimum absolute atomic E-state index is 0.860. The third-order valence-electron chi connectivity index (χ3n) is 8.48. The molecule has 9 rings (SSSR count). The Balaban J connectivity index is 1.12. The average molecular weight is 641 g/mol. The molecule has 5 heteroatoms. The lowest BCUT2D eigenvalue weighted by molar-refractivity contribution is 0.455. The summed E-state index contributed by atoms with van der Waals surface area (Å²) in [5.41, 5.74) is 6.62. The maximum Gasteiger partial charge on any atom is 0.143 e. The normalized spacial score (nSPS) is 11.9. The quantitative estimate of drug-likeness (QED) is 0.180. The van der Waals surface area contributed by atoms with Gasteiger partial charge in [-0.3, -0.25) is 0 Å². The Labute approximate surface area is 281 Å². The van der Waals surface area contributed by atoms with E-state index in [2.05, 4.69) is 168 Å². The third kappa shape index (κ3) is 5.01. The van der Waals surface area contributed by atoms with Crippen LogP contribution in [0.2, 0.25) is 0 Å². The summed E-state index contributed by atoms with van der Waals surface area (Å²) in [6.07, 6.45) is 0. The summed E-state index contributed by atoms with van der Waals surface area (Å²) < 4.78 is 9.22. The second-order valence-corrected chi connectivity index (χ2v) is 13.6. The molecule has 7 aromatic carbocycles. The topological polar surface area (TPSA) is 15.7 Å². The van der Waals surface area contributed by atoms with Crippen LogP contribution in [0.5, 0.6) is 11.5 Å². The van der Waals surface area contributed by atoms with E-state index in [1.54, 1.807) is 11.8 Å². The maximum absolute atomic E-state index is 6.64. The van der Waals surface area contributed by atoms with Crippen molar-refractivity contribution in [2.24, 2.45) is 0 Å². The zero-order valence-corrected chi connectivity index (χ0v) is 26.9. The minimum atomic E-state index is 0.860. The molecule has 0 aliphatic carbocycles. The molecule has 0 spiro atoms. The molecule has 0 bridgehead atoms. The van der Waals surface area contributed by atoms with Crippen LogP contribution >= 0.6 is 23.1 Å². The predicted molar refractivity (Wildman–Crippen MR) is 199 cm³/mol. The Bertz CT molecular complexity index is 2330. The molecule has 1 aliphatic rings. The molecule has 2 heterocycles. The lowest BCUT2D eigenvalue weighted by Gasteiger charge is -2.29. The molecule has 0 radical (unpaired) electrons. The number of hydrogen-bond acceptors (Lipinski definition) is 5. The third-order valence-corrected chi connectivity index (χ3v) is 10.7. The van der Waals surface area contributed by atoms with E-state index in [4.69, 9.17) is 4.74 Å². The van der Waals surface area contributed by atoms with E-state index in [1.807, 2.05) is 23.5 Å². The summed E-state index contributed by atoms with van der Waals surface area (Å²) in [4.78, 5) is 6.82. The van der Waals surface area contributed by atoms with E-state index in [-0.39, 0.29) is 0 Å². The van der Waals surface area contributed by atoms with Gasteiger partial charge in [-0.15, -0.1) is 11.3 Å². The molecular formula is C42H28N2OS2. The van der Waals surface area contributed by atoms with Crippen LogP contribution < -0.4 is 14.5 Å². The van der Waals surface area contributed by atoms with Crippen molar-refractivity contribution < 1.29 is 4.74 Å². The average Bonchev–Trinajstić information content (AvgIpc) is 3.52. The Morgan fingerprint density at radius 3 is 1.72 bits per heavy atom. The highest BCUT2D eigenvalue weighted by atomic mass is 32.2. The molecule has 0 saturated heterocycles. The summed E-state index contributed by atoms with van der Waals surface area (Å²) in [5.74, 6) is 1.72. The zero-order valence-electron chi connectivity index (χ0n) is 25.3. The number of thiophene rings is 1. The molecule has 0 N–H and O–H groups in total. The van der Waals surface area contributed by atoms with Gasteiger partial charge in [0.1, 0.15) is 11.5 Å². The van der Waals surface area contributed by atoms with Crippen molar-refractivity contribution in [1.29, 1.82) is 0 Å². The van der Waals surface area contributed by atoms with Gasteiger partial charge in [-0.05, 0) is 84.9 Å². The van der Waals surface area contributed by atoms with Gasteiger partial charge in [-0.25, -0.2) is 0 Å². The number of para-hydroxylation sites is 3. The van der Waals surface area contributed by atoms with Crippen molar-refractivity contribution in [3.63, 3.8) is 0 Å². The van der Waals surface area contributed by atoms with Gasteiger partial charge in [0, 0.05) is 54.7 Å². The predicted octanol–water partition coefficient (Wildman–Crippen LogP) is 13.3. The van der Waals surface area contributed by atoms with E-state index in [0.717, 1.165) is 49.7 Å². The first-order chi connectivity index (χ1) is 23.3. The van der Waals surface area contributed by atoms with Crippen molar-refractivity contribution in [2.45, 2.75) is 9.79 Å². The molecule has 0 atom stereocenters. The molecular weight excluding hydrogens is 613 g/mol. The molecule has 1 aliphatic heterocycles. The summed E-state index contributed by atoms with van der Waals surface area (Å²) in [6.45, 7) is 0. The smallest absolute Gasteiger partial charge is 0.143 e. The number of nitrogens with zero attached hydrogens (tertiary/aromatic N) is 2. The van der Waals surface area contributed by atoms with Gasteiger partial charge in [0.25, 0.3) is 0 Å². The zero-order chi connectivity index (χ0) is 31.2. The lowest BCUT2D eigenvalue weighted by atomic mass is 10.1. The highest BCUT2D eigenvalue weighted by Crippen LogP contribution is 2.52. The van der Waals surface area contributed by atoms with Crippen LogP contribution in [0.4, 0.5) is 34.1 Å². The Morgan fingerprint density at radius 1 is 0.404 bits per heavy atom. The molecule has 8 aromatic rings. The SMILES string of the molecule is c1ccc(N(c2ccccc2)c2ccc3c(c2)Oc2ccc(N(c4ccccc4)c4cccc5sc6ccccc6c45)cc2S3)cc1. The molecule has 224 valence electrons. The van der Waals surface area contributed by atoms with Crippen LogP contribution in [0.25, 0.3) is 20.2 Å². The van der Waals surface area contributed by atoms with Gasteiger partial charge in [-0.1, -0.05) is 90.6 Å². The largest absolute Gasteiger partial charge is 0.455 e. The van der Waals surface area contributed by atoms with E-state index >= 15 is 0 Å². The fraction of sp³-hybridized carbons (Fsp3) is 0. The van der Waals surface area contributed by atoms with E-state index in [9.17, 15) is 0 Å². The second kappa shape index (κ2) is 11.7. The number of fused-ring (bicyclic) bond motifs is 5. The number of benzene rings is 7.